The molecule has 4 aromatic rings. The molecule has 0 saturated carbocycles. The van der Waals surface area contributed by atoms with E-state index in [0.29, 0.717) is 0 Å². The number of hydrogen-bond donors (Lipinski definition) is 2. The molecule has 1 aromatic heterocycles. The summed E-state index contributed by atoms with van der Waals surface area (Å²) in [4.78, 5) is 53.5. The van der Waals surface area contributed by atoms with E-state index in [2.05, 4.69) is 26.2 Å². The minimum atomic E-state index is -3.71. The second-order valence-electron chi connectivity index (χ2n) is 12.2. The Bertz CT molecular complexity index is 2020. The molecule has 0 aliphatic rings. The number of halogens is 2. The molecular weight excluding hydrogens is 705 g/mol. The van der Waals surface area contributed by atoms with Gasteiger partial charge in [0.05, 0.1) is 33.3 Å². The quantitative estimate of drug-likeness (QED) is 0.151. The van der Waals surface area contributed by atoms with E-state index < -0.39 is 57.4 Å². The fourth-order valence-electron chi connectivity index (χ4n) is 4.49. The van der Waals surface area contributed by atoms with Gasteiger partial charge in [-0.25, -0.2) is 17.6 Å². The van der Waals surface area contributed by atoms with Crippen LogP contribution in [-0.4, -0.2) is 88.2 Å². The van der Waals surface area contributed by atoms with Gasteiger partial charge >= 0.3 is 5.97 Å². The van der Waals surface area contributed by atoms with Crippen molar-refractivity contribution >= 4 is 56.9 Å². The standard InChI is InChI=1S/C34H35ClFN7O7S/c1-34(2,3)50-33(47)22-10-12-23(13-11-22)38-32(46)27(20-30(45)42(4)18-19-51(48,49)24-8-6-5-7-9-24)39-29(44)17-14-25-28(43-21-37-40-41-43)16-15-26(35)31(25)36/h5-17,21,27H,18-20H2,1-4H3,(H,38,46)(H,39,44)/b17-14+/t27-/m0/s1. The number of rotatable bonds is 13. The van der Waals surface area contributed by atoms with Crippen LogP contribution in [0.25, 0.3) is 11.8 Å². The zero-order valence-electron chi connectivity index (χ0n) is 28.0. The van der Waals surface area contributed by atoms with Crippen LogP contribution < -0.4 is 10.6 Å². The molecule has 3 amide bonds. The molecule has 4 rings (SSSR count). The third kappa shape index (κ3) is 10.8. The Kier molecular flexibility index (Phi) is 12.4. The first kappa shape index (κ1) is 38.3. The number of ether oxygens (including phenoxy) is 1. The van der Waals surface area contributed by atoms with Crippen molar-refractivity contribution in [1.29, 1.82) is 0 Å². The number of esters is 1. The van der Waals surface area contributed by atoms with E-state index in [0.717, 1.165) is 21.7 Å². The summed E-state index contributed by atoms with van der Waals surface area (Å²) in [6, 6.07) is 14.8. The maximum Gasteiger partial charge on any atom is 0.338 e. The molecule has 17 heteroatoms. The number of amides is 3. The zero-order chi connectivity index (χ0) is 37.3. The molecule has 0 radical (unpaired) electrons. The lowest BCUT2D eigenvalue weighted by atomic mass is 10.1. The van der Waals surface area contributed by atoms with E-state index in [4.69, 9.17) is 16.3 Å². The van der Waals surface area contributed by atoms with Crippen molar-refractivity contribution in [2.75, 3.05) is 24.7 Å². The monoisotopic (exact) mass is 739 g/mol. The number of sulfone groups is 1. The Morgan fingerprint density at radius 2 is 1.73 bits per heavy atom. The molecule has 0 bridgehead atoms. The smallest absolute Gasteiger partial charge is 0.338 e. The van der Waals surface area contributed by atoms with Crippen LogP contribution in [0, 0.1) is 5.82 Å². The number of nitrogens with zero attached hydrogens (tertiary/aromatic N) is 5. The first-order valence-corrected chi connectivity index (χ1v) is 17.4. The molecule has 1 atom stereocenters. The van der Waals surface area contributed by atoms with E-state index in [1.54, 1.807) is 39.0 Å². The summed E-state index contributed by atoms with van der Waals surface area (Å²) in [7, 11) is -2.34. The van der Waals surface area contributed by atoms with Gasteiger partial charge in [0.25, 0.3) is 0 Å². The first-order chi connectivity index (χ1) is 24.0. The Hall–Kier alpha value is -5.48. The van der Waals surface area contributed by atoms with Crippen LogP contribution in [0.1, 0.15) is 43.1 Å². The lowest BCUT2D eigenvalue weighted by Gasteiger charge is -2.22. The number of aromatic nitrogens is 4. The average Bonchev–Trinajstić information content (AvgIpc) is 3.62. The Balaban J connectivity index is 1.52. The maximum absolute atomic E-state index is 15.0. The first-order valence-electron chi connectivity index (χ1n) is 15.4. The maximum atomic E-state index is 15.0. The van der Waals surface area contributed by atoms with Crippen molar-refractivity contribution in [3.63, 3.8) is 0 Å². The van der Waals surface area contributed by atoms with Gasteiger partial charge in [0.2, 0.25) is 17.7 Å². The largest absolute Gasteiger partial charge is 0.456 e. The van der Waals surface area contributed by atoms with E-state index in [1.165, 1.54) is 61.9 Å². The summed E-state index contributed by atoms with van der Waals surface area (Å²) in [5.41, 5.74) is -0.217. The van der Waals surface area contributed by atoms with Gasteiger partial charge in [-0.3, -0.25) is 14.4 Å². The lowest BCUT2D eigenvalue weighted by Crippen LogP contribution is -2.46. The second kappa shape index (κ2) is 16.5. The van der Waals surface area contributed by atoms with Crippen molar-refractivity contribution in [3.8, 4) is 5.69 Å². The molecule has 0 spiro atoms. The Labute approximate surface area is 298 Å². The van der Waals surface area contributed by atoms with E-state index in [9.17, 15) is 27.6 Å². The molecule has 268 valence electrons. The van der Waals surface area contributed by atoms with Gasteiger partial charge in [-0.15, -0.1) is 5.10 Å². The van der Waals surface area contributed by atoms with Crippen LogP contribution in [0.5, 0.6) is 0 Å². The summed E-state index contributed by atoms with van der Waals surface area (Å²) in [6.07, 6.45) is 2.71. The number of tetrazole rings is 1. The highest BCUT2D eigenvalue weighted by Crippen LogP contribution is 2.25. The number of carbonyl (C=O) groups excluding carboxylic acids is 4. The summed E-state index contributed by atoms with van der Waals surface area (Å²) in [6.45, 7) is 4.98. The molecule has 51 heavy (non-hydrogen) atoms. The highest BCUT2D eigenvalue weighted by Gasteiger charge is 2.27. The van der Waals surface area contributed by atoms with Gasteiger partial charge in [0.1, 0.15) is 18.0 Å². The van der Waals surface area contributed by atoms with Gasteiger partial charge in [-0.2, -0.15) is 4.68 Å². The van der Waals surface area contributed by atoms with Crippen LogP contribution in [0.15, 0.2) is 84.0 Å². The molecule has 1 heterocycles. The fraction of sp³-hybridized carbons (Fsp3) is 0.265. The van der Waals surface area contributed by atoms with Crippen LogP contribution in [0.4, 0.5) is 10.1 Å². The SMILES string of the molecule is CN(CCS(=O)(=O)c1ccccc1)C(=O)C[C@H](NC(=O)/C=C/c1c(-n2cnnn2)ccc(Cl)c1F)C(=O)Nc1ccc(C(=O)OC(C)(C)C)cc1. The molecule has 0 unspecified atom stereocenters. The molecule has 2 N–H and O–H groups in total. The molecule has 0 saturated heterocycles. The van der Waals surface area contributed by atoms with Crippen molar-refractivity contribution in [1.82, 2.24) is 30.4 Å². The van der Waals surface area contributed by atoms with E-state index >= 15 is 4.39 Å². The highest BCUT2D eigenvalue weighted by atomic mass is 35.5. The summed E-state index contributed by atoms with van der Waals surface area (Å²) >= 11 is 5.97. The van der Waals surface area contributed by atoms with Crippen LogP contribution in [-0.2, 0) is 29.0 Å². The van der Waals surface area contributed by atoms with E-state index in [-0.39, 0.29) is 44.7 Å². The summed E-state index contributed by atoms with van der Waals surface area (Å²) in [5.74, 6) is -4.14. The van der Waals surface area contributed by atoms with Crippen LogP contribution >= 0.6 is 11.6 Å². The number of benzene rings is 3. The van der Waals surface area contributed by atoms with E-state index in [1.807, 2.05) is 0 Å². The zero-order valence-corrected chi connectivity index (χ0v) is 29.6. The minimum Gasteiger partial charge on any atom is -0.456 e. The van der Waals surface area contributed by atoms with Crippen LogP contribution in [0.3, 0.4) is 0 Å². The van der Waals surface area contributed by atoms with Crippen molar-refractivity contribution in [2.45, 2.75) is 43.7 Å². The third-order valence-corrected chi connectivity index (χ3v) is 9.13. The minimum absolute atomic E-state index is 0.0965. The topological polar surface area (TPSA) is 183 Å². The predicted molar refractivity (Wildman–Crippen MR) is 186 cm³/mol. The number of nitrogens with one attached hydrogen (secondary N) is 2. The number of anilines is 1. The molecule has 0 aliphatic heterocycles. The van der Waals surface area contributed by atoms with Crippen molar-refractivity contribution < 1.29 is 36.7 Å². The molecular formula is C34H35ClFN7O7S. The van der Waals surface area contributed by atoms with Gasteiger partial charge in [-0.05, 0) is 85.8 Å². The molecule has 0 aliphatic carbocycles. The summed E-state index contributed by atoms with van der Waals surface area (Å²) < 4.78 is 47.1. The van der Waals surface area contributed by atoms with Crippen molar-refractivity contribution in [3.05, 3.63) is 101 Å². The van der Waals surface area contributed by atoms with Gasteiger partial charge in [0.15, 0.2) is 15.7 Å². The Morgan fingerprint density at radius 1 is 1.04 bits per heavy atom. The number of hydrogen-bond acceptors (Lipinski definition) is 10. The van der Waals surface area contributed by atoms with Crippen molar-refractivity contribution in [2.24, 2.45) is 0 Å². The molecule has 3 aromatic carbocycles. The van der Waals surface area contributed by atoms with Gasteiger partial charge in [0, 0.05) is 30.9 Å². The second-order valence-corrected chi connectivity index (χ2v) is 14.7. The number of carbonyl (C=O) groups is 4. The van der Waals surface area contributed by atoms with Gasteiger partial charge in [-0.1, -0.05) is 29.8 Å². The van der Waals surface area contributed by atoms with Gasteiger partial charge < -0.3 is 20.3 Å². The fourth-order valence-corrected chi connectivity index (χ4v) is 5.97. The summed E-state index contributed by atoms with van der Waals surface area (Å²) in [5, 5.41) is 15.6. The normalized spacial score (nSPS) is 12.3. The molecule has 14 nitrogen and oxygen atoms in total. The van der Waals surface area contributed by atoms with Crippen LogP contribution in [0.2, 0.25) is 5.02 Å². The average molecular weight is 740 g/mol. The molecule has 0 fully saturated rings. The lowest BCUT2D eigenvalue weighted by molar-refractivity contribution is -0.133. The highest BCUT2D eigenvalue weighted by molar-refractivity contribution is 7.91. The third-order valence-electron chi connectivity index (χ3n) is 7.13. The predicted octanol–water partition coefficient (Wildman–Crippen LogP) is 3.87. The Morgan fingerprint density at radius 3 is 2.35 bits per heavy atom.